The van der Waals surface area contributed by atoms with Gasteiger partial charge in [-0.3, -0.25) is 20.1 Å². The lowest BCUT2D eigenvalue weighted by molar-refractivity contribution is -0.118. The molecule has 2 amide bonds. The minimum atomic E-state index is -0.812. The molecule has 0 spiro atoms. The molecule has 30 heavy (non-hydrogen) atoms. The van der Waals surface area contributed by atoms with Crippen LogP contribution in [0, 0.1) is 0 Å². The van der Waals surface area contributed by atoms with Crippen molar-refractivity contribution in [3.63, 3.8) is 0 Å². The highest BCUT2D eigenvalue weighted by Gasteiger charge is 2.40. The summed E-state index contributed by atoms with van der Waals surface area (Å²) in [6.07, 6.45) is 2.44. The summed E-state index contributed by atoms with van der Waals surface area (Å²) in [7, 11) is 0. The van der Waals surface area contributed by atoms with Crippen molar-refractivity contribution in [1.29, 1.82) is 0 Å². The zero-order valence-corrected chi connectivity index (χ0v) is 17.3. The van der Waals surface area contributed by atoms with Gasteiger partial charge in [-0.1, -0.05) is 37.3 Å². The Bertz CT molecular complexity index is 993. The summed E-state index contributed by atoms with van der Waals surface area (Å²) in [4.78, 5) is 35.1. The van der Waals surface area contributed by atoms with Crippen LogP contribution in [0.4, 0.5) is 4.79 Å². The number of hydrogen-bond acceptors (Lipinski definition) is 5. The Morgan fingerprint density at radius 2 is 2.00 bits per heavy atom. The van der Waals surface area contributed by atoms with E-state index in [1.165, 1.54) is 4.90 Å². The first-order valence-electron chi connectivity index (χ1n) is 10.2. The monoisotopic (exact) mass is 406 g/mol. The molecule has 2 N–H and O–H groups in total. The number of hydrogen-bond donors (Lipinski definition) is 2. The van der Waals surface area contributed by atoms with Crippen molar-refractivity contribution in [2.45, 2.75) is 44.8 Å². The van der Waals surface area contributed by atoms with Crippen LogP contribution in [-0.4, -0.2) is 51.3 Å². The second-order valence-electron chi connectivity index (χ2n) is 8.51. The maximum absolute atomic E-state index is 12.5. The van der Waals surface area contributed by atoms with Gasteiger partial charge >= 0.3 is 6.03 Å². The van der Waals surface area contributed by atoms with Gasteiger partial charge in [-0.15, -0.1) is 0 Å². The number of likely N-dealkylation sites (tertiary alicyclic amines) is 1. The molecule has 0 aliphatic carbocycles. The first kappa shape index (κ1) is 20.2. The van der Waals surface area contributed by atoms with E-state index in [9.17, 15) is 14.7 Å². The molecular formula is C23H26N4O3. The number of nitrogens with zero attached hydrogens (tertiary/aromatic N) is 3. The number of amides is 2. The zero-order chi connectivity index (χ0) is 21.3. The molecule has 0 unspecified atom stereocenters. The number of carbonyl (C=O) groups is 2. The fourth-order valence-corrected chi connectivity index (χ4v) is 3.96. The number of pyridine rings is 1. The number of urea groups is 1. The predicted molar refractivity (Wildman–Crippen MR) is 113 cm³/mol. The van der Waals surface area contributed by atoms with E-state index < -0.39 is 5.60 Å². The largest absolute Gasteiger partial charge is 0.386 e. The number of β-amino-alcohol motifs (C(OH)–C–C–N with tert-alkyl or cyclic N) is 1. The van der Waals surface area contributed by atoms with Gasteiger partial charge in [0, 0.05) is 30.3 Å². The van der Waals surface area contributed by atoms with Gasteiger partial charge in [0.1, 0.15) is 11.6 Å². The number of fused-ring (bicyclic) bond motifs is 1. The Morgan fingerprint density at radius 3 is 2.70 bits per heavy atom. The summed E-state index contributed by atoms with van der Waals surface area (Å²) >= 11 is 0. The first-order chi connectivity index (χ1) is 14.3. The summed E-state index contributed by atoms with van der Waals surface area (Å²) in [5.41, 5.74) is 2.80. The van der Waals surface area contributed by atoms with Gasteiger partial charge in [0.15, 0.2) is 0 Å². The molecule has 156 valence electrons. The molecule has 1 aromatic heterocycles. The number of aliphatic imine (C=N–C) groups is 1. The van der Waals surface area contributed by atoms with Crippen LogP contribution in [0.2, 0.25) is 0 Å². The molecule has 1 aromatic carbocycles. The SMILES string of the molecule is C[C@@H](CC(=O)Cc1cc2c(cn1)C(NC(=O)N1CC(C)(O)C1)=NC2)c1ccccc1. The van der Waals surface area contributed by atoms with Gasteiger partial charge < -0.3 is 10.0 Å². The Labute approximate surface area is 175 Å². The molecule has 3 heterocycles. The maximum atomic E-state index is 12.5. The summed E-state index contributed by atoms with van der Waals surface area (Å²) in [5.74, 6) is 0.807. The van der Waals surface area contributed by atoms with Gasteiger partial charge in [-0.2, -0.15) is 0 Å². The fraction of sp³-hybridized carbons (Fsp3) is 0.391. The lowest BCUT2D eigenvalue weighted by Crippen LogP contribution is -2.64. The average molecular weight is 406 g/mol. The number of ketones is 1. The molecule has 2 aliphatic heterocycles. The lowest BCUT2D eigenvalue weighted by atomic mass is 9.94. The third-order valence-electron chi connectivity index (χ3n) is 5.57. The van der Waals surface area contributed by atoms with Gasteiger partial charge in [-0.25, -0.2) is 4.79 Å². The smallest absolute Gasteiger partial charge is 0.323 e. The summed E-state index contributed by atoms with van der Waals surface area (Å²) in [6.45, 7) is 4.82. The minimum Gasteiger partial charge on any atom is -0.386 e. The van der Waals surface area contributed by atoms with Crippen LogP contribution in [0.5, 0.6) is 0 Å². The summed E-state index contributed by atoms with van der Waals surface area (Å²) in [6, 6.07) is 11.6. The molecule has 0 radical (unpaired) electrons. The standard InChI is InChI=1S/C23H26N4O3/c1-15(16-6-4-3-5-7-16)8-19(28)10-18-9-17-11-25-21(20(17)12-24-18)26-22(29)27-13-23(2,30)14-27/h3-7,9,12,15,30H,8,10-11,13-14H2,1-2H3,(H,25,26,29)/t15-/m0/s1. The van der Waals surface area contributed by atoms with Crippen molar-refractivity contribution in [3.05, 3.63) is 65.0 Å². The highest BCUT2D eigenvalue weighted by molar-refractivity contribution is 6.09. The Kier molecular flexibility index (Phi) is 5.39. The second kappa shape index (κ2) is 7.99. The minimum absolute atomic E-state index is 0.149. The van der Waals surface area contributed by atoms with Crippen LogP contribution in [0.25, 0.3) is 0 Å². The highest BCUT2D eigenvalue weighted by atomic mass is 16.3. The average Bonchev–Trinajstić information content (AvgIpc) is 3.08. The van der Waals surface area contributed by atoms with Crippen molar-refractivity contribution >= 4 is 17.6 Å². The third-order valence-corrected chi connectivity index (χ3v) is 5.57. The highest BCUT2D eigenvalue weighted by Crippen LogP contribution is 2.23. The number of nitrogens with one attached hydrogen (secondary N) is 1. The molecule has 2 aromatic rings. The van der Waals surface area contributed by atoms with Crippen molar-refractivity contribution in [2.24, 2.45) is 4.99 Å². The van der Waals surface area contributed by atoms with E-state index in [2.05, 4.69) is 22.2 Å². The number of aromatic nitrogens is 1. The lowest BCUT2D eigenvalue weighted by Gasteiger charge is -2.43. The maximum Gasteiger partial charge on any atom is 0.323 e. The molecule has 7 nitrogen and oxygen atoms in total. The molecule has 2 aliphatic rings. The molecule has 1 saturated heterocycles. The van der Waals surface area contributed by atoms with Crippen LogP contribution >= 0.6 is 0 Å². The molecule has 1 atom stereocenters. The Hall–Kier alpha value is -3.06. The molecule has 4 rings (SSSR count). The summed E-state index contributed by atoms with van der Waals surface area (Å²) < 4.78 is 0. The molecule has 7 heteroatoms. The number of Topliss-reactive ketones (excluding diaryl/α,β-unsaturated/α-hetero) is 1. The van der Waals surface area contributed by atoms with E-state index in [1.54, 1.807) is 13.1 Å². The number of carbonyl (C=O) groups excluding carboxylic acids is 2. The van der Waals surface area contributed by atoms with Gasteiger partial charge in [0.05, 0.1) is 25.2 Å². The van der Waals surface area contributed by atoms with Crippen LogP contribution < -0.4 is 5.32 Å². The molecule has 1 fully saturated rings. The molecule has 0 bridgehead atoms. The van der Waals surface area contributed by atoms with Gasteiger partial charge in [0.2, 0.25) is 0 Å². The van der Waals surface area contributed by atoms with Crippen molar-refractivity contribution in [1.82, 2.24) is 15.2 Å². The number of benzene rings is 1. The molecular weight excluding hydrogens is 380 g/mol. The third kappa shape index (κ3) is 4.41. The van der Waals surface area contributed by atoms with Crippen LogP contribution in [0.1, 0.15) is 48.6 Å². The fourth-order valence-electron chi connectivity index (χ4n) is 3.96. The van der Waals surface area contributed by atoms with Crippen LogP contribution in [0.15, 0.2) is 47.6 Å². The van der Waals surface area contributed by atoms with E-state index in [0.717, 1.165) is 22.4 Å². The van der Waals surface area contributed by atoms with Crippen molar-refractivity contribution < 1.29 is 14.7 Å². The van der Waals surface area contributed by atoms with Gasteiger partial charge in [0.25, 0.3) is 0 Å². The number of rotatable bonds is 5. The van der Waals surface area contributed by atoms with E-state index in [1.807, 2.05) is 36.4 Å². The summed E-state index contributed by atoms with van der Waals surface area (Å²) in [5, 5.41) is 12.6. The van der Waals surface area contributed by atoms with Gasteiger partial charge in [-0.05, 0) is 30.0 Å². The topological polar surface area (TPSA) is 94.9 Å². The van der Waals surface area contributed by atoms with E-state index in [-0.39, 0.29) is 24.2 Å². The molecule has 0 saturated carbocycles. The van der Waals surface area contributed by atoms with Crippen molar-refractivity contribution in [3.8, 4) is 0 Å². The zero-order valence-electron chi connectivity index (χ0n) is 17.3. The number of aliphatic hydroxyl groups is 1. The Morgan fingerprint density at radius 1 is 1.27 bits per heavy atom. The second-order valence-corrected chi connectivity index (χ2v) is 8.51. The quantitative estimate of drug-likeness (QED) is 0.797. The predicted octanol–water partition coefficient (Wildman–Crippen LogP) is 2.42. The number of amidine groups is 1. The first-order valence-corrected chi connectivity index (χ1v) is 10.2. The van der Waals surface area contributed by atoms with Crippen LogP contribution in [-0.2, 0) is 17.8 Å². The van der Waals surface area contributed by atoms with E-state index >= 15 is 0 Å². The van der Waals surface area contributed by atoms with E-state index in [4.69, 9.17) is 0 Å². The van der Waals surface area contributed by atoms with E-state index in [0.29, 0.717) is 31.9 Å². The normalized spacial score (nSPS) is 17.6. The van der Waals surface area contributed by atoms with Crippen molar-refractivity contribution in [2.75, 3.05) is 13.1 Å². The Balaban J connectivity index is 1.34. The van der Waals surface area contributed by atoms with Crippen LogP contribution in [0.3, 0.4) is 0 Å².